The summed E-state index contributed by atoms with van der Waals surface area (Å²) in [6.45, 7) is 8.38. The van der Waals surface area contributed by atoms with Crippen LogP contribution in [0.4, 0.5) is 0 Å². The van der Waals surface area contributed by atoms with E-state index in [-0.39, 0.29) is 5.56 Å². The van der Waals surface area contributed by atoms with Crippen molar-refractivity contribution in [2.75, 3.05) is 0 Å². The number of aromatic nitrogens is 2. The van der Waals surface area contributed by atoms with Crippen LogP contribution in [0.5, 0.6) is 0 Å². The standard InChI is InChI=1S/C12H14N2O/c1-8(2)7-14-5-4-10-6-9(3)13-12(15)11(10)14/h4-6H,1,7H2,2-3H3,(H,13,15). The number of pyridine rings is 1. The molecule has 0 bridgehead atoms. The minimum Gasteiger partial charge on any atom is -0.339 e. The van der Waals surface area contributed by atoms with Crippen LogP contribution in [-0.4, -0.2) is 9.55 Å². The summed E-state index contributed by atoms with van der Waals surface area (Å²) in [5.74, 6) is 0. The van der Waals surface area contributed by atoms with Crippen LogP contribution in [0.2, 0.25) is 0 Å². The summed E-state index contributed by atoms with van der Waals surface area (Å²) >= 11 is 0. The maximum absolute atomic E-state index is 11.8. The molecule has 15 heavy (non-hydrogen) atoms. The highest BCUT2D eigenvalue weighted by Gasteiger charge is 2.05. The van der Waals surface area contributed by atoms with Gasteiger partial charge in [-0.1, -0.05) is 12.2 Å². The molecule has 2 aromatic heterocycles. The van der Waals surface area contributed by atoms with E-state index in [4.69, 9.17) is 0 Å². The topological polar surface area (TPSA) is 37.8 Å². The lowest BCUT2D eigenvalue weighted by Gasteiger charge is -2.03. The normalized spacial score (nSPS) is 10.8. The Kier molecular flexibility index (Phi) is 2.23. The largest absolute Gasteiger partial charge is 0.339 e. The van der Waals surface area contributed by atoms with Gasteiger partial charge in [0.1, 0.15) is 5.52 Å². The molecule has 0 aliphatic heterocycles. The Balaban J connectivity index is 2.69. The van der Waals surface area contributed by atoms with E-state index >= 15 is 0 Å². The summed E-state index contributed by atoms with van der Waals surface area (Å²) in [4.78, 5) is 14.6. The summed E-state index contributed by atoms with van der Waals surface area (Å²) in [7, 11) is 0. The molecule has 0 fully saturated rings. The number of nitrogens with one attached hydrogen (secondary N) is 1. The number of hydrogen-bond acceptors (Lipinski definition) is 1. The molecule has 0 radical (unpaired) electrons. The summed E-state index contributed by atoms with van der Waals surface area (Å²) in [5.41, 5.74) is 2.62. The Morgan fingerprint density at radius 2 is 2.33 bits per heavy atom. The first-order valence-corrected chi connectivity index (χ1v) is 4.91. The molecule has 0 amide bonds. The highest BCUT2D eigenvalue weighted by atomic mass is 16.1. The second-order valence-electron chi connectivity index (χ2n) is 3.99. The van der Waals surface area contributed by atoms with E-state index in [1.807, 2.05) is 36.7 Å². The predicted octanol–water partition coefficient (Wildman–Crippen LogP) is 2.21. The van der Waals surface area contributed by atoms with E-state index in [1.165, 1.54) is 0 Å². The van der Waals surface area contributed by atoms with Gasteiger partial charge in [0, 0.05) is 23.8 Å². The minimum atomic E-state index is -0.0312. The van der Waals surface area contributed by atoms with Gasteiger partial charge in [0.2, 0.25) is 0 Å². The molecule has 0 atom stereocenters. The van der Waals surface area contributed by atoms with Crippen LogP contribution in [0.25, 0.3) is 10.9 Å². The average Bonchev–Trinajstić information content (AvgIpc) is 2.46. The van der Waals surface area contributed by atoms with E-state index in [1.54, 1.807) is 0 Å². The zero-order valence-corrected chi connectivity index (χ0v) is 9.00. The van der Waals surface area contributed by atoms with Crippen molar-refractivity contribution >= 4 is 10.9 Å². The maximum Gasteiger partial charge on any atom is 0.272 e. The lowest BCUT2D eigenvalue weighted by molar-refractivity contribution is 0.817. The Morgan fingerprint density at radius 3 is 3.00 bits per heavy atom. The van der Waals surface area contributed by atoms with E-state index in [0.717, 1.165) is 22.2 Å². The molecule has 2 aromatic rings. The van der Waals surface area contributed by atoms with Crippen LogP contribution in [0, 0.1) is 6.92 Å². The maximum atomic E-state index is 11.8. The van der Waals surface area contributed by atoms with Crippen LogP contribution < -0.4 is 5.56 Å². The van der Waals surface area contributed by atoms with Crippen molar-refractivity contribution in [1.82, 2.24) is 9.55 Å². The van der Waals surface area contributed by atoms with Gasteiger partial charge >= 0.3 is 0 Å². The Morgan fingerprint density at radius 1 is 1.60 bits per heavy atom. The molecule has 3 heteroatoms. The van der Waals surface area contributed by atoms with E-state index in [9.17, 15) is 4.79 Å². The van der Waals surface area contributed by atoms with Crippen molar-refractivity contribution in [1.29, 1.82) is 0 Å². The molecule has 78 valence electrons. The van der Waals surface area contributed by atoms with Crippen molar-refractivity contribution in [3.63, 3.8) is 0 Å². The fourth-order valence-corrected chi connectivity index (χ4v) is 1.80. The first-order chi connectivity index (χ1) is 7.08. The minimum absolute atomic E-state index is 0.0312. The molecular weight excluding hydrogens is 188 g/mol. The second kappa shape index (κ2) is 3.42. The second-order valence-corrected chi connectivity index (χ2v) is 3.99. The molecule has 0 aliphatic rings. The molecule has 3 nitrogen and oxygen atoms in total. The van der Waals surface area contributed by atoms with Crippen LogP contribution in [0.1, 0.15) is 12.6 Å². The monoisotopic (exact) mass is 202 g/mol. The van der Waals surface area contributed by atoms with Crippen molar-refractivity contribution in [2.24, 2.45) is 0 Å². The van der Waals surface area contributed by atoms with Crippen LogP contribution in [0.3, 0.4) is 0 Å². The molecule has 2 rings (SSSR count). The van der Waals surface area contributed by atoms with Gasteiger partial charge in [-0.2, -0.15) is 0 Å². The first-order valence-electron chi connectivity index (χ1n) is 4.91. The quantitative estimate of drug-likeness (QED) is 0.745. The molecule has 1 N–H and O–H groups in total. The average molecular weight is 202 g/mol. The number of rotatable bonds is 2. The van der Waals surface area contributed by atoms with Gasteiger partial charge in [-0.25, -0.2) is 0 Å². The number of H-pyrrole nitrogens is 1. The van der Waals surface area contributed by atoms with E-state index in [2.05, 4.69) is 11.6 Å². The van der Waals surface area contributed by atoms with Crippen molar-refractivity contribution < 1.29 is 0 Å². The molecular formula is C12H14N2O. The number of nitrogens with zero attached hydrogens (tertiary/aromatic N) is 1. The third-order valence-corrected chi connectivity index (χ3v) is 2.33. The number of aromatic amines is 1. The fourth-order valence-electron chi connectivity index (χ4n) is 1.80. The van der Waals surface area contributed by atoms with Gasteiger partial charge in [0.25, 0.3) is 5.56 Å². The highest BCUT2D eigenvalue weighted by Crippen LogP contribution is 2.13. The Bertz CT molecular complexity index is 575. The van der Waals surface area contributed by atoms with Crippen molar-refractivity contribution in [3.05, 3.63) is 46.5 Å². The molecule has 0 saturated heterocycles. The summed E-state index contributed by atoms with van der Waals surface area (Å²) in [6, 6.07) is 3.94. The fraction of sp³-hybridized carbons (Fsp3) is 0.250. The van der Waals surface area contributed by atoms with Gasteiger partial charge in [0.15, 0.2) is 0 Å². The highest BCUT2D eigenvalue weighted by molar-refractivity contribution is 5.79. The van der Waals surface area contributed by atoms with E-state index in [0.29, 0.717) is 6.54 Å². The summed E-state index contributed by atoms with van der Waals surface area (Å²) < 4.78 is 1.93. The van der Waals surface area contributed by atoms with Gasteiger partial charge < -0.3 is 9.55 Å². The predicted molar refractivity (Wildman–Crippen MR) is 62.1 cm³/mol. The molecule has 0 saturated carbocycles. The van der Waals surface area contributed by atoms with Gasteiger partial charge in [-0.15, -0.1) is 0 Å². The number of fused-ring (bicyclic) bond motifs is 1. The first kappa shape index (κ1) is 9.77. The number of hydrogen-bond donors (Lipinski definition) is 1. The van der Waals surface area contributed by atoms with Gasteiger partial charge in [-0.3, -0.25) is 4.79 Å². The van der Waals surface area contributed by atoms with Gasteiger partial charge in [-0.05, 0) is 26.0 Å². The Labute approximate surface area is 88.0 Å². The number of allylic oxidation sites excluding steroid dienone is 1. The lowest BCUT2D eigenvalue weighted by atomic mass is 10.2. The van der Waals surface area contributed by atoms with Crippen LogP contribution in [-0.2, 0) is 6.54 Å². The zero-order chi connectivity index (χ0) is 11.0. The van der Waals surface area contributed by atoms with Crippen molar-refractivity contribution in [2.45, 2.75) is 20.4 Å². The molecule has 2 heterocycles. The Hall–Kier alpha value is -1.77. The lowest BCUT2D eigenvalue weighted by Crippen LogP contribution is -2.12. The summed E-state index contributed by atoms with van der Waals surface area (Å²) in [5, 5.41) is 0.984. The van der Waals surface area contributed by atoms with Crippen molar-refractivity contribution in [3.8, 4) is 0 Å². The smallest absolute Gasteiger partial charge is 0.272 e. The van der Waals surface area contributed by atoms with Gasteiger partial charge in [0.05, 0.1) is 0 Å². The molecule has 0 aromatic carbocycles. The van der Waals surface area contributed by atoms with Crippen LogP contribution in [0.15, 0.2) is 35.3 Å². The number of aryl methyl sites for hydroxylation is 1. The SMILES string of the molecule is C=C(C)Cn1ccc2cc(C)[nH]c(=O)c21. The third-order valence-electron chi connectivity index (χ3n) is 2.33. The third kappa shape index (κ3) is 1.73. The molecule has 0 unspecified atom stereocenters. The summed E-state index contributed by atoms with van der Waals surface area (Å²) in [6.07, 6.45) is 1.92. The van der Waals surface area contributed by atoms with Crippen LogP contribution >= 0.6 is 0 Å². The zero-order valence-electron chi connectivity index (χ0n) is 9.00. The molecule has 0 spiro atoms. The molecule has 0 aliphatic carbocycles. The van der Waals surface area contributed by atoms with E-state index < -0.39 is 0 Å².